The van der Waals surface area contributed by atoms with Crippen molar-refractivity contribution in [3.8, 4) is 0 Å². The van der Waals surface area contributed by atoms with Gasteiger partial charge >= 0.3 is 0 Å². The van der Waals surface area contributed by atoms with E-state index in [1.165, 1.54) is 0 Å². The Hall–Kier alpha value is -1.65. The minimum absolute atomic E-state index is 0.0641. The zero-order chi connectivity index (χ0) is 13.2. The summed E-state index contributed by atoms with van der Waals surface area (Å²) in [5, 5.41) is 2.83. The van der Waals surface area contributed by atoms with E-state index >= 15 is 0 Å². The number of pyridine rings is 1. The maximum absolute atomic E-state index is 13.0. The van der Waals surface area contributed by atoms with E-state index in [0.29, 0.717) is 6.54 Å². The van der Waals surface area contributed by atoms with Crippen LogP contribution in [0.3, 0.4) is 0 Å². The van der Waals surface area contributed by atoms with Gasteiger partial charge < -0.3 is 11.1 Å². The summed E-state index contributed by atoms with van der Waals surface area (Å²) >= 11 is 0. The number of aromatic nitrogens is 1. The maximum atomic E-state index is 13.0. The van der Waals surface area contributed by atoms with Crippen LogP contribution in [0.5, 0.6) is 0 Å². The molecular weight excluding hydrogens is 233 g/mol. The standard InChI is InChI=1S/C13H18FN3O/c1-2-3-13(4-5-13)8-17-12(18)10-6-9(14)7-16-11(10)15/h6-7H,2-5,8H2,1H3,(H2,15,16)(H,17,18). The van der Waals surface area contributed by atoms with Crippen molar-refractivity contribution >= 4 is 11.7 Å². The average molecular weight is 251 g/mol. The van der Waals surface area contributed by atoms with E-state index in [2.05, 4.69) is 17.2 Å². The van der Waals surface area contributed by atoms with Crippen LogP contribution in [0.4, 0.5) is 10.2 Å². The second-order valence-electron chi connectivity index (χ2n) is 5.02. The fourth-order valence-corrected chi connectivity index (χ4v) is 2.22. The van der Waals surface area contributed by atoms with Gasteiger partial charge in [-0.3, -0.25) is 4.79 Å². The van der Waals surface area contributed by atoms with E-state index in [1.54, 1.807) is 0 Å². The molecule has 3 N–H and O–H groups in total. The number of amides is 1. The summed E-state index contributed by atoms with van der Waals surface area (Å²) in [4.78, 5) is 15.5. The van der Waals surface area contributed by atoms with Crippen LogP contribution in [0.25, 0.3) is 0 Å². The molecule has 1 saturated carbocycles. The lowest BCUT2D eigenvalue weighted by Gasteiger charge is -2.15. The Bertz CT molecular complexity index is 458. The van der Waals surface area contributed by atoms with Gasteiger partial charge in [0.2, 0.25) is 0 Å². The molecule has 2 rings (SSSR count). The third kappa shape index (κ3) is 2.78. The summed E-state index contributed by atoms with van der Waals surface area (Å²) in [6.07, 6.45) is 5.53. The highest BCUT2D eigenvalue weighted by atomic mass is 19.1. The third-order valence-corrected chi connectivity index (χ3v) is 3.49. The van der Waals surface area contributed by atoms with Crippen molar-refractivity contribution in [1.29, 1.82) is 0 Å². The Balaban J connectivity index is 1.98. The molecule has 1 aliphatic rings. The molecule has 4 nitrogen and oxygen atoms in total. The first-order valence-corrected chi connectivity index (χ1v) is 6.25. The van der Waals surface area contributed by atoms with Crippen LogP contribution in [-0.4, -0.2) is 17.4 Å². The van der Waals surface area contributed by atoms with Crippen LogP contribution in [-0.2, 0) is 0 Å². The number of nitrogen functional groups attached to an aromatic ring is 1. The number of hydrogen-bond donors (Lipinski definition) is 2. The molecule has 1 aromatic heterocycles. The number of anilines is 1. The van der Waals surface area contributed by atoms with Gasteiger partial charge in [-0.1, -0.05) is 13.3 Å². The van der Waals surface area contributed by atoms with Crippen molar-refractivity contribution in [2.75, 3.05) is 12.3 Å². The van der Waals surface area contributed by atoms with Crippen LogP contribution in [0.2, 0.25) is 0 Å². The maximum Gasteiger partial charge on any atom is 0.255 e. The van der Waals surface area contributed by atoms with Crippen molar-refractivity contribution in [2.45, 2.75) is 32.6 Å². The molecule has 0 radical (unpaired) electrons. The molecule has 0 saturated heterocycles. The Morgan fingerprint density at radius 1 is 1.61 bits per heavy atom. The third-order valence-electron chi connectivity index (χ3n) is 3.49. The first-order chi connectivity index (χ1) is 8.56. The molecule has 0 aliphatic heterocycles. The summed E-state index contributed by atoms with van der Waals surface area (Å²) in [6, 6.07) is 1.12. The number of carbonyl (C=O) groups is 1. The number of nitrogens with zero attached hydrogens (tertiary/aromatic N) is 1. The molecule has 0 atom stereocenters. The molecule has 18 heavy (non-hydrogen) atoms. The van der Waals surface area contributed by atoms with Crippen LogP contribution in [0.1, 0.15) is 43.0 Å². The highest BCUT2D eigenvalue weighted by molar-refractivity contribution is 5.98. The van der Waals surface area contributed by atoms with Gasteiger partial charge in [0, 0.05) is 6.54 Å². The number of nitrogens with two attached hydrogens (primary N) is 1. The Labute approximate surface area is 106 Å². The predicted molar refractivity (Wildman–Crippen MR) is 67.5 cm³/mol. The normalized spacial score (nSPS) is 16.3. The number of halogens is 1. The number of nitrogens with one attached hydrogen (secondary N) is 1. The number of carbonyl (C=O) groups excluding carboxylic acids is 1. The summed E-state index contributed by atoms with van der Waals surface area (Å²) in [5.41, 5.74) is 5.94. The van der Waals surface area contributed by atoms with E-state index in [1.807, 2.05) is 0 Å². The van der Waals surface area contributed by atoms with Crippen molar-refractivity contribution in [3.63, 3.8) is 0 Å². The summed E-state index contributed by atoms with van der Waals surface area (Å²) in [5.74, 6) is -0.833. The zero-order valence-electron chi connectivity index (χ0n) is 10.5. The fraction of sp³-hybridized carbons (Fsp3) is 0.538. The van der Waals surface area contributed by atoms with E-state index in [9.17, 15) is 9.18 Å². The summed E-state index contributed by atoms with van der Waals surface area (Å²) in [7, 11) is 0. The first kappa shape index (κ1) is 12.8. The molecule has 0 unspecified atom stereocenters. The molecule has 1 amide bonds. The van der Waals surface area contributed by atoms with Gasteiger partial charge in [-0.15, -0.1) is 0 Å². The molecule has 98 valence electrons. The smallest absolute Gasteiger partial charge is 0.255 e. The lowest BCUT2D eigenvalue weighted by Crippen LogP contribution is -2.31. The minimum atomic E-state index is -0.552. The summed E-state index contributed by atoms with van der Waals surface area (Å²) in [6.45, 7) is 2.77. The van der Waals surface area contributed by atoms with Gasteiger partial charge in [0.1, 0.15) is 11.6 Å². The zero-order valence-corrected chi connectivity index (χ0v) is 10.5. The quantitative estimate of drug-likeness (QED) is 0.842. The Kier molecular flexibility index (Phi) is 3.50. The molecule has 0 aromatic carbocycles. The van der Waals surface area contributed by atoms with Gasteiger partial charge in [-0.2, -0.15) is 0 Å². The Morgan fingerprint density at radius 2 is 2.33 bits per heavy atom. The van der Waals surface area contributed by atoms with E-state index in [-0.39, 0.29) is 22.7 Å². The minimum Gasteiger partial charge on any atom is -0.383 e. The lowest BCUT2D eigenvalue weighted by molar-refractivity contribution is 0.0944. The predicted octanol–water partition coefficient (Wildman–Crippen LogP) is 2.11. The van der Waals surface area contributed by atoms with Crippen molar-refractivity contribution in [1.82, 2.24) is 10.3 Å². The molecular formula is C13H18FN3O. The van der Waals surface area contributed by atoms with Crippen molar-refractivity contribution in [3.05, 3.63) is 23.6 Å². The van der Waals surface area contributed by atoms with Gasteiger partial charge in [0.25, 0.3) is 5.91 Å². The molecule has 1 aromatic rings. The average Bonchev–Trinajstić information content (AvgIpc) is 3.10. The molecule has 1 heterocycles. The van der Waals surface area contributed by atoms with Gasteiger partial charge in [-0.05, 0) is 30.7 Å². The SMILES string of the molecule is CCCC1(CNC(=O)c2cc(F)cnc2N)CC1. The van der Waals surface area contributed by atoms with Crippen LogP contribution >= 0.6 is 0 Å². The fourth-order valence-electron chi connectivity index (χ4n) is 2.22. The number of hydrogen-bond acceptors (Lipinski definition) is 3. The van der Waals surface area contributed by atoms with E-state index < -0.39 is 5.82 Å². The van der Waals surface area contributed by atoms with E-state index in [0.717, 1.165) is 37.9 Å². The number of rotatable bonds is 5. The van der Waals surface area contributed by atoms with Crippen molar-refractivity contribution in [2.24, 2.45) is 5.41 Å². The second-order valence-corrected chi connectivity index (χ2v) is 5.02. The van der Waals surface area contributed by atoms with Gasteiger partial charge in [-0.25, -0.2) is 9.37 Å². The van der Waals surface area contributed by atoms with Crippen LogP contribution in [0.15, 0.2) is 12.3 Å². The lowest BCUT2D eigenvalue weighted by atomic mass is 10.0. The van der Waals surface area contributed by atoms with Gasteiger partial charge in [0.15, 0.2) is 0 Å². The molecule has 0 bridgehead atoms. The first-order valence-electron chi connectivity index (χ1n) is 6.25. The topological polar surface area (TPSA) is 68.0 Å². The van der Waals surface area contributed by atoms with E-state index in [4.69, 9.17) is 5.73 Å². The van der Waals surface area contributed by atoms with Gasteiger partial charge in [0.05, 0.1) is 11.8 Å². The highest BCUT2D eigenvalue weighted by Gasteiger charge is 2.41. The molecule has 1 aliphatic carbocycles. The molecule has 0 spiro atoms. The van der Waals surface area contributed by atoms with Crippen LogP contribution in [0, 0.1) is 11.2 Å². The highest BCUT2D eigenvalue weighted by Crippen LogP contribution is 2.48. The summed E-state index contributed by atoms with van der Waals surface area (Å²) < 4.78 is 13.0. The largest absolute Gasteiger partial charge is 0.383 e. The van der Waals surface area contributed by atoms with Crippen LogP contribution < -0.4 is 11.1 Å². The molecule has 5 heteroatoms. The monoisotopic (exact) mass is 251 g/mol. The Morgan fingerprint density at radius 3 is 2.94 bits per heavy atom. The second kappa shape index (κ2) is 4.92. The molecule has 1 fully saturated rings. The van der Waals surface area contributed by atoms with Crippen molar-refractivity contribution < 1.29 is 9.18 Å².